The Labute approximate surface area is 84.9 Å². The van der Waals surface area contributed by atoms with E-state index in [4.69, 9.17) is 11.6 Å². The van der Waals surface area contributed by atoms with Gasteiger partial charge in [-0.05, 0) is 17.5 Å². The van der Waals surface area contributed by atoms with Crippen LogP contribution in [0.2, 0.25) is 5.02 Å². The van der Waals surface area contributed by atoms with Gasteiger partial charge in [-0.25, -0.2) is 4.39 Å². The maximum Gasteiger partial charge on any atom is 0.145 e. The Hall–Kier alpha value is -0.0800. The molecule has 0 amide bonds. The Morgan fingerprint density at radius 1 is 1.58 bits per heavy atom. The van der Waals surface area contributed by atoms with Gasteiger partial charge in [-0.2, -0.15) is 0 Å². The van der Waals surface area contributed by atoms with Gasteiger partial charge in [0.15, 0.2) is 0 Å². The molecule has 1 aromatic carbocycles. The molecule has 1 aromatic rings. The lowest BCUT2D eigenvalue weighted by atomic mass is 10.0. The van der Waals surface area contributed by atoms with E-state index in [9.17, 15) is 4.39 Å². The first-order chi connectivity index (χ1) is 5.66. The Balaban J connectivity index is 3.07. The topological polar surface area (TPSA) is 0 Å². The molecule has 0 saturated carbocycles. The molecular formula is C9H9BrClF. The second-order valence-electron chi connectivity index (χ2n) is 2.70. The fourth-order valence-corrected chi connectivity index (χ4v) is 1.51. The quantitative estimate of drug-likeness (QED) is 0.698. The van der Waals surface area contributed by atoms with Gasteiger partial charge in [0.1, 0.15) is 5.82 Å². The van der Waals surface area contributed by atoms with Crippen LogP contribution in [0.25, 0.3) is 0 Å². The first-order valence-corrected chi connectivity index (χ1v) is 5.16. The molecule has 0 saturated heterocycles. The van der Waals surface area contributed by atoms with Gasteiger partial charge in [0.2, 0.25) is 0 Å². The van der Waals surface area contributed by atoms with Crippen molar-refractivity contribution in [2.75, 3.05) is 5.33 Å². The minimum Gasteiger partial charge on any atom is -0.205 e. The molecule has 1 rings (SSSR count). The highest BCUT2D eigenvalue weighted by atomic mass is 79.9. The average Bonchev–Trinajstić information content (AvgIpc) is 2.08. The van der Waals surface area contributed by atoms with Crippen molar-refractivity contribution in [2.24, 2.45) is 0 Å². The molecule has 66 valence electrons. The van der Waals surface area contributed by atoms with Crippen LogP contribution in [-0.2, 0) is 0 Å². The van der Waals surface area contributed by atoms with Crippen LogP contribution in [0.3, 0.4) is 0 Å². The predicted octanol–water partition coefficient (Wildman–Crippen LogP) is 3.98. The normalized spacial score (nSPS) is 13.0. The minimum atomic E-state index is -0.300. The predicted molar refractivity (Wildman–Crippen MR) is 53.6 cm³/mol. The standard InChI is InChI=1S/C9H9BrClF/c1-6(5-10)7-3-2-4-8(11)9(7)12/h2-4,6H,5H2,1H3. The second-order valence-corrected chi connectivity index (χ2v) is 3.75. The van der Waals surface area contributed by atoms with Gasteiger partial charge in [0, 0.05) is 5.33 Å². The lowest BCUT2D eigenvalue weighted by Gasteiger charge is -2.09. The van der Waals surface area contributed by atoms with Gasteiger partial charge >= 0.3 is 0 Å². The summed E-state index contributed by atoms with van der Waals surface area (Å²) in [5.74, 6) is -0.144. The van der Waals surface area contributed by atoms with Crippen molar-refractivity contribution in [1.29, 1.82) is 0 Å². The fourth-order valence-electron chi connectivity index (χ4n) is 0.984. The average molecular weight is 252 g/mol. The summed E-state index contributed by atoms with van der Waals surface area (Å²) in [6.45, 7) is 1.95. The Bertz CT molecular complexity index is 275. The smallest absolute Gasteiger partial charge is 0.145 e. The van der Waals surface area contributed by atoms with Crippen molar-refractivity contribution in [3.8, 4) is 0 Å². The zero-order valence-electron chi connectivity index (χ0n) is 6.65. The Kier molecular flexibility index (Phi) is 3.53. The first kappa shape index (κ1) is 10.0. The molecule has 0 spiro atoms. The summed E-state index contributed by atoms with van der Waals surface area (Å²) >= 11 is 8.93. The molecule has 3 heteroatoms. The first-order valence-electron chi connectivity index (χ1n) is 3.66. The summed E-state index contributed by atoms with van der Waals surface area (Å²) in [6.07, 6.45) is 0. The third kappa shape index (κ3) is 1.99. The van der Waals surface area contributed by atoms with Crippen molar-refractivity contribution in [1.82, 2.24) is 0 Å². The molecular weight excluding hydrogens is 242 g/mol. The van der Waals surface area contributed by atoms with E-state index in [0.29, 0.717) is 5.56 Å². The third-order valence-electron chi connectivity index (χ3n) is 1.74. The van der Waals surface area contributed by atoms with Crippen LogP contribution in [0.5, 0.6) is 0 Å². The van der Waals surface area contributed by atoms with Gasteiger partial charge in [-0.15, -0.1) is 0 Å². The zero-order valence-corrected chi connectivity index (χ0v) is 8.99. The Morgan fingerprint density at radius 2 is 2.25 bits per heavy atom. The van der Waals surface area contributed by atoms with E-state index in [0.717, 1.165) is 5.33 Å². The maximum atomic E-state index is 13.3. The highest BCUT2D eigenvalue weighted by Crippen LogP contribution is 2.25. The van der Waals surface area contributed by atoms with E-state index < -0.39 is 0 Å². The van der Waals surface area contributed by atoms with E-state index in [2.05, 4.69) is 15.9 Å². The minimum absolute atomic E-state index is 0.156. The molecule has 1 atom stereocenters. The summed E-state index contributed by atoms with van der Waals surface area (Å²) in [7, 11) is 0. The van der Waals surface area contributed by atoms with Crippen LogP contribution in [0.15, 0.2) is 18.2 Å². The number of hydrogen-bond donors (Lipinski definition) is 0. The van der Waals surface area contributed by atoms with Crippen LogP contribution < -0.4 is 0 Å². The van der Waals surface area contributed by atoms with E-state index in [1.54, 1.807) is 18.2 Å². The van der Waals surface area contributed by atoms with E-state index in [1.165, 1.54) is 0 Å². The molecule has 0 nitrogen and oxygen atoms in total. The Morgan fingerprint density at radius 3 is 2.83 bits per heavy atom. The number of benzene rings is 1. The van der Waals surface area contributed by atoms with Crippen LogP contribution in [0.1, 0.15) is 18.4 Å². The monoisotopic (exact) mass is 250 g/mol. The molecule has 12 heavy (non-hydrogen) atoms. The van der Waals surface area contributed by atoms with Gasteiger partial charge in [0.05, 0.1) is 5.02 Å². The van der Waals surface area contributed by atoms with Crippen molar-refractivity contribution >= 4 is 27.5 Å². The fraction of sp³-hybridized carbons (Fsp3) is 0.333. The summed E-state index contributed by atoms with van der Waals surface area (Å²) in [6, 6.07) is 5.08. The molecule has 0 aromatic heterocycles. The SMILES string of the molecule is CC(CBr)c1cccc(Cl)c1F. The van der Waals surface area contributed by atoms with E-state index >= 15 is 0 Å². The van der Waals surface area contributed by atoms with Gasteiger partial charge in [0.25, 0.3) is 0 Å². The van der Waals surface area contributed by atoms with Gasteiger partial charge < -0.3 is 0 Å². The van der Waals surface area contributed by atoms with Crippen molar-refractivity contribution in [2.45, 2.75) is 12.8 Å². The zero-order chi connectivity index (χ0) is 9.14. The summed E-state index contributed by atoms with van der Waals surface area (Å²) in [4.78, 5) is 0. The van der Waals surface area contributed by atoms with Crippen molar-refractivity contribution in [3.05, 3.63) is 34.6 Å². The lowest BCUT2D eigenvalue weighted by molar-refractivity contribution is 0.600. The van der Waals surface area contributed by atoms with E-state index in [1.807, 2.05) is 6.92 Å². The molecule has 0 heterocycles. The third-order valence-corrected chi connectivity index (χ3v) is 3.01. The highest BCUT2D eigenvalue weighted by Gasteiger charge is 2.11. The number of alkyl halides is 1. The molecule has 0 aliphatic heterocycles. The van der Waals surface area contributed by atoms with Crippen molar-refractivity contribution in [3.63, 3.8) is 0 Å². The largest absolute Gasteiger partial charge is 0.205 e. The van der Waals surface area contributed by atoms with Crippen LogP contribution in [0, 0.1) is 5.82 Å². The number of rotatable bonds is 2. The van der Waals surface area contributed by atoms with E-state index in [-0.39, 0.29) is 16.8 Å². The molecule has 0 N–H and O–H groups in total. The number of halogens is 3. The maximum absolute atomic E-state index is 13.3. The summed E-state index contributed by atoms with van der Waals surface area (Å²) in [5.41, 5.74) is 0.666. The summed E-state index contributed by atoms with van der Waals surface area (Å²) < 4.78 is 13.3. The number of hydrogen-bond acceptors (Lipinski definition) is 0. The second kappa shape index (κ2) is 4.24. The molecule has 0 fully saturated rings. The molecule has 0 aliphatic rings. The lowest BCUT2D eigenvalue weighted by Crippen LogP contribution is -1.98. The molecule has 0 bridgehead atoms. The summed E-state index contributed by atoms with van der Waals surface area (Å²) in [5, 5.41) is 0.935. The van der Waals surface area contributed by atoms with Crippen LogP contribution in [-0.4, -0.2) is 5.33 Å². The van der Waals surface area contributed by atoms with Crippen molar-refractivity contribution < 1.29 is 4.39 Å². The van der Waals surface area contributed by atoms with Gasteiger partial charge in [-0.3, -0.25) is 0 Å². The molecule has 0 aliphatic carbocycles. The highest BCUT2D eigenvalue weighted by molar-refractivity contribution is 9.09. The van der Waals surface area contributed by atoms with Gasteiger partial charge in [-0.1, -0.05) is 46.6 Å². The van der Waals surface area contributed by atoms with Crippen LogP contribution >= 0.6 is 27.5 Å². The molecule has 1 unspecified atom stereocenters. The van der Waals surface area contributed by atoms with Crippen LogP contribution in [0.4, 0.5) is 4.39 Å². The molecule has 0 radical (unpaired) electrons.